The first-order valence-electron chi connectivity index (χ1n) is 5.18. The third-order valence-corrected chi connectivity index (χ3v) is 4.44. The lowest BCUT2D eigenvalue weighted by Gasteiger charge is -2.07. The van der Waals surface area contributed by atoms with Gasteiger partial charge in [-0.2, -0.15) is 0 Å². The lowest BCUT2D eigenvalue weighted by atomic mass is 10.2. The van der Waals surface area contributed by atoms with E-state index in [0.717, 1.165) is 4.47 Å². The molecule has 1 rings (SSSR count). The van der Waals surface area contributed by atoms with Crippen LogP contribution in [0.15, 0.2) is 22.7 Å². The van der Waals surface area contributed by atoms with Crippen LogP contribution in [0.4, 0.5) is 5.69 Å². The van der Waals surface area contributed by atoms with Crippen molar-refractivity contribution in [2.45, 2.75) is 12.2 Å². The normalized spacial score (nSPS) is 11.6. The number of ether oxygens (including phenoxy) is 1. The van der Waals surface area contributed by atoms with E-state index in [1.807, 2.05) is 0 Å². The van der Waals surface area contributed by atoms with Crippen molar-refractivity contribution in [3.05, 3.63) is 28.2 Å². The van der Waals surface area contributed by atoms with Gasteiger partial charge in [-0.05, 0) is 24.1 Å². The smallest absolute Gasteiger partial charge is 0.154 e. The van der Waals surface area contributed by atoms with Crippen molar-refractivity contribution in [1.29, 1.82) is 0 Å². The summed E-state index contributed by atoms with van der Waals surface area (Å²) in [5.74, 6) is 0.103. The van der Waals surface area contributed by atoms with Gasteiger partial charge in [0.2, 0.25) is 0 Å². The predicted octanol–water partition coefficient (Wildman–Crippen LogP) is 1.98. The molecule has 0 radical (unpaired) electrons. The van der Waals surface area contributed by atoms with Gasteiger partial charge in [0.05, 0.1) is 11.5 Å². The molecule has 0 saturated heterocycles. The maximum absolute atomic E-state index is 11.8. The van der Waals surface area contributed by atoms with Crippen LogP contribution in [0.5, 0.6) is 0 Å². The fourth-order valence-corrected chi connectivity index (χ4v) is 3.25. The predicted molar refractivity (Wildman–Crippen MR) is 72.5 cm³/mol. The van der Waals surface area contributed by atoms with Crippen LogP contribution in [0.1, 0.15) is 12.0 Å². The highest BCUT2D eigenvalue weighted by Crippen LogP contribution is 2.20. The van der Waals surface area contributed by atoms with Gasteiger partial charge in [0, 0.05) is 23.9 Å². The fourth-order valence-electron chi connectivity index (χ4n) is 1.43. The number of sulfone groups is 1. The number of nitrogen functional groups attached to an aromatic ring is 1. The molecule has 0 aliphatic heterocycles. The van der Waals surface area contributed by atoms with E-state index in [1.165, 1.54) is 0 Å². The zero-order valence-electron chi connectivity index (χ0n) is 9.65. The first-order chi connectivity index (χ1) is 7.94. The highest BCUT2D eigenvalue weighted by atomic mass is 79.9. The van der Waals surface area contributed by atoms with Crippen molar-refractivity contribution in [3.63, 3.8) is 0 Å². The second kappa shape index (κ2) is 6.37. The molecular weight excluding hydrogens is 306 g/mol. The van der Waals surface area contributed by atoms with Gasteiger partial charge in [0.1, 0.15) is 0 Å². The van der Waals surface area contributed by atoms with E-state index in [2.05, 4.69) is 15.9 Å². The molecule has 0 atom stereocenters. The Bertz CT molecular complexity index is 474. The number of nitrogens with two attached hydrogens (primary N) is 1. The molecule has 1 aromatic rings. The SMILES string of the molecule is COCCCS(=O)(=O)Cc1ccc(Br)cc1N. The third kappa shape index (κ3) is 5.06. The standard InChI is InChI=1S/C11H16BrNO3S/c1-16-5-2-6-17(14,15)8-9-3-4-10(12)7-11(9)13/h3-4,7H,2,5-6,8,13H2,1H3. The summed E-state index contributed by atoms with van der Waals surface area (Å²) in [5.41, 5.74) is 6.90. The largest absolute Gasteiger partial charge is 0.398 e. The highest BCUT2D eigenvalue weighted by molar-refractivity contribution is 9.10. The molecule has 1 aromatic carbocycles. The molecule has 0 amide bonds. The van der Waals surface area contributed by atoms with Crippen molar-refractivity contribution in [2.75, 3.05) is 25.2 Å². The molecule has 0 fully saturated rings. The van der Waals surface area contributed by atoms with E-state index in [9.17, 15) is 8.42 Å². The van der Waals surface area contributed by atoms with Crippen LogP contribution in [-0.2, 0) is 20.3 Å². The average molecular weight is 322 g/mol. The number of rotatable bonds is 6. The lowest BCUT2D eigenvalue weighted by Crippen LogP contribution is -2.12. The van der Waals surface area contributed by atoms with Crippen LogP contribution >= 0.6 is 15.9 Å². The minimum Gasteiger partial charge on any atom is -0.398 e. The summed E-state index contributed by atoms with van der Waals surface area (Å²) in [7, 11) is -1.56. The molecule has 6 heteroatoms. The third-order valence-electron chi connectivity index (χ3n) is 2.29. The Balaban J connectivity index is 2.69. The molecule has 0 bridgehead atoms. The Kier molecular flexibility index (Phi) is 5.42. The first-order valence-corrected chi connectivity index (χ1v) is 7.79. The zero-order valence-corrected chi connectivity index (χ0v) is 12.1. The van der Waals surface area contributed by atoms with Gasteiger partial charge in [0.25, 0.3) is 0 Å². The van der Waals surface area contributed by atoms with Crippen molar-refractivity contribution in [2.24, 2.45) is 0 Å². The van der Waals surface area contributed by atoms with E-state index in [0.29, 0.717) is 24.3 Å². The minimum atomic E-state index is -3.12. The van der Waals surface area contributed by atoms with Gasteiger partial charge in [-0.25, -0.2) is 8.42 Å². The van der Waals surface area contributed by atoms with E-state index in [-0.39, 0.29) is 11.5 Å². The summed E-state index contributed by atoms with van der Waals surface area (Å²) < 4.78 is 29.3. The summed E-state index contributed by atoms with van der Waals surface area (Å²) in [6, 6.07) is 5.23. The molecule has 0 aliphatic carbocycles. The molecule has 17 heavy (non-hydrogen) atoms. The number of halogens is 1. The van der Waals surface area contributed by atoms with Crippen molar-refractivity contribution >= 4 is 31.5 Å². The maximum Gasteiger partial charge on any atom is 0.154 e. The Hall–Kier alpha value is -0.590. The van der Waals surface area contributed by atoms with E-state index in [4.69, 9.17) is 10.5 Å². The van der Waals surface area contributed by atoms with Gasteiger partial charge in [-0.1, -0.05) is 22.0 Å². The van der Waals surface area contributed by atoms with Gasteiger partial charge in [-0.15, -0.1) is 0 Å². The number of benzene rings is 1. The number of hydrogen-bond acceptors (Lipinski definition) is 4. The van der Waals surface area contributed by atoms with Crippen LogP contribution < -0.4 is 5.73 Å². The van der Waals surface area contributed by atoms with Crippen LogP contribution in [0.25, 0.3) is 0 Å². The van der Waals surface area contributed by atoms with Crippen LogP contribution in [0.3, 0.4) is 0 Å². The van der Waals surface area contributed by atoms with E-state index < -0.39 is 9.84 Å². The van der Waals surface area contributed by atoms with Crippen LogP contribution in [-0.4, -0.2) is 27.9 Å². The monoisotopic (exact) mass is 321 g/mol. The summed E-state index contributed by atoms with van der Waals surface area (Å²) in [5, 5.41) is 0. The molecule has 2 N–H and O–H groups in total. The fraction of sp³-hybridized carbons (Fsp3) is 0.455. The second-order valence-corrected chi connectivity index (χ2v) is 6.88. The summed E-state index contributed by atoms with van der Waals surface area (Å²) in [6.07, 6.45) is 0.509. The highest BCUT2D eigenvalue weighted by Gasteiger charge is 2.13. The molecule has 0 aliphatic rings. The molecule has 0 heterocycles. The van der Waals surface area contributed by atoms with Gasteiger partial charge in [-0.3, -0.25) is 0 Å². The van der Waals surface area contributed by atoms with Crippen molar-refractivity contribution < 1.29 is 13.2 Å². The summed E-state index contributed by atoms with van der Waals surface area (Å²) in [6.45, 7) is 0.453. The average Bonchev–Trinajstić information content (AvgIpc) is 2.22. The molecule has 0 aromatic heterocycles. The second-order valence-electron chi connectivity index (χ2n) is 3.78. The van der Waals surface area contributed by atoms with Crippen molar-refractivity contribution in [3.8, 4) is 0 Å². The van der Waals surface area contributed by atoms with Gasteiger partial charge in [0.15, 0.2) is 9.84 Å². The molecule has 0 saturated carbocycles. The van der Waals surface area contributed by atoms with E-state index >= 15 is 0 Å². The number of anilines is 1. The molecule has 0 spiro atoms. The molecule has 96 valence electrons. The topological polar surface area (TPSA) is 69.4 Å². The Morgan fingerprint density at radius 2 is 2.12 bits per heavy atom. The zero-order chi connectivity index (χ0) is 12.9. The van der Waals surface area contributed by atoms with Crippen molar-refractivity contribution in [1.82, 2.24) is 0 Å². The van der Waals surface area contributed by atoms with Crippen LogP contribution in [0.2, 0.25) is 0 Å². The Morgan fingerprint density at radius 1 is 1.41 bits per heavy atom. The summed E-state index contributed by atoms with van der Waals surface area (Å²) >= 11 is 3.28. The molecular formula is C11H16BrNO3S. The first kappa shape index (κ1) is 14.5. The molecule has 4 nitrogen and oxygen atoms in total. The lowest BCUT2D eigenvalue weighted by molar-refractivity contribution is 0.199. The Labute approximate surface area is 110 Å². The number of hydrogen-bond donors (Lipinski definition) is 1. The minimum absolute atomic E-state index is 0.0180. The van der Waals surface area contributed by atoms with Crippen LogP contribution in [0, 0.1) is 0 Å². The number of methoxy groups -OCH3 is 1. The van der Waals surface area contributed by atoms with Gasteiger partial charge >= 0.3 is 0 Å². The quantitative estimate of drug-likeness (QED) is 0.642. The van der Waals surface area contributed by atoms with E-state index in [1.54, 1.807) is 25.3 Å². The summed E-state index contributed by atoms with van der Waals surface area (Å²) in [4.78, 5) is 0. The Morgan fingerprint density at radius 3 is 2.71 bits per heavy atom. The maximum atomic E-state index is 11.8. The molecule has 0 unspecified atom stereocenters. The van der Waals surface area contributed by atoms with Gasteiger partial charge < -0.3 is 10.5 Å².